The van der Waals surface area contributed by atoms with E-state index in [-0.39, 0.29) is 11.4 Å². The molecule has 1 fully saturated rings. The van der Waals surface area contributed by atoms with E-state index < -0.39 is 0 Å². The van der Waals surface area contributed by atoms with Gasteiger partial charge in [-0.1, -0.05) is 6.92 Å². The molecule has 0 aliphatic carbocycles. The normalized spacial score (nSPS) is 22.4. The summed E-state index contributed by atoms with van der Waals surface area (Å²) in [4.78, 5) is 11.6. The minimum absolute atomic E-state index is 0.0598. The highest BCUT2D eigenvalue weighted by Crippen LogP contribution is 2.11. The molecule has 1 heterocycles. The van der Waals surface area contributed by atoms with Crippen molar-refractivity contribution in [2.24, 2.45) is 0 Å². The van der Waals surface area contributed by atoms with E-state index in [2.05, 4.69) is 31.4 Å². The van der Waals surface area contributed by atoms with Crippen LogP contribution in [0.5, 0.6) is 0 Å². The van der Waals surface area contributed by atoms with Crippen LogP contribution in [-0.4, -0.2) is 24.0 Å². The highest BCUT2D eigenvalue weighted by molar-refractivity contribution is 5.77. The van der Waals surface area contributed by atoms with E-state index in [1.54, 1.807) is 0 Å². The number of carbonyl (C=O) groups excluding carboxylic acids is 1. The maximum absolute atomic E-state index is 11.6. The average Bonchev–Trinajstić information content (AvgIpc) is 2.55. The van der Waals surface area contributed by atoms with Crippen LogP contribution in [0.4, 0.5) is 0 Å². The van der Waals surface area contributed by atoms with Crippen molar-refractivity contribution < 1.29 is 4.79 Å². The predicted molar refractivity (Wildman–Crippen MR) is 58.2 cm³/mol. The van der Waals surface area contributed by atoms with Crippen LogP contribution in [0.3, 0.4) is 0 Å². The lowest BCUT2D eigenvalue weighted by molar-refractivity contribution is -0.123. The molecule has 2 N–H and O–H groups in total. The van der Waals surface area contributed by atoms with Crippen molar-refractivity contribution >= 4 is 5.91 Å². The van der Waals surface area contributed by atoms with Gasteiger partial charge in [0.25, 0.3) is 0 Å². The van der Waals surface area contributed by atoms with E-state index in [9.17, 15) is 4.79 Å². The molecule has 82 valence electrons. The summed E-state index contributed by atoms with van der Waals surface area (Å²) in [5, 5.41) is 6.38. The van der Waals surface area contributed by atoms with E-state index >= 15 is 0 Å². The van der Waals surface area contributed by atoms with E-state index in [1.165, 1.54) is 6.42 Å². The zero-order valence-corrected chi connectivity index (χ0v) is 9.52. The minimum atomic E-state index is -0.0598. The van der Waals surface area contributed by atoms with Gasteiger partial charge < -0.3 is 10.6 Å². The lowest BCUT2D eigenvalue weighted by atomic mass is 10.0. The second-order valence-electron chi connectivity index (χ2n) is 4.78. The number of nitrogens with one attached hydrogen (secondary N) is 2. The largest absolute Gasteiger partial charge is 0.351 e. The fraction of sp³-hybridized carbons (Fsp3) is 0.909. The first kappa shape index (κ1) is 11.5. The summed E-state index contributed by atoms with van der Waals surface area (Å²) in [6.07, 6.45) is 3.94. The van der Waals surface area contributed by atoms with Gasteiger partial charge in [0.1, 0.15) is 0 Å². The molecule has 0 aromatic rings. The smallest absolute Gasteiger partial charge is 0.221 e. The van der Waals surface area contributed by atoms with Crippen molar-refractivity contribution in [2.45, 2.75) is 58.0 Å². The Morgan fingerprint density at radius 3 is 2.79 bits per heavy atom. The molecule has 0 radical (unpaired) electrons. The minimum Gasteiger partial charge on any atom is -0.351 e. The second-order valence-corrected chi connectivity index (χ2v) is 4.78. The van der Waals surface area contributed by atoms with Gasteiger partial charge in [0.15, 0.2) is 0 Å². The van der Waals surface area contributed by atoms with Gasteiger partial charge >= 0.3 is 0 Å². The van der Waals surface area contributed by atoms with Crippen LogP contribution in [-0.2, 0) is 4.79 Å². The summed E-state index contributed by atoms with van der Waals surface area (Å²) < 4.78 is 0. The molecule has 1 unspecified atom stereocenters. The summed E-state index contributed by atoms with van der Waals surface area (Å²) in [6, 6.07) is 0.405. The van der Waals surface area contributed by atoms with E-state index in [0.29, 0.717) is 12.5 Å². The van der Waals surface area contributed by atoms with Gasteiger partial charge in [-0.05, 0) is 39.7 Å². The number of hydrogen-bond donors (Lipinski definition) is 2. The lowest BCUT2D eigenvalue weighted by Crippen LogP contribution is -2.44. The standard InChI is InChI=1S/C11H22N2O/c1-4-11(2,3)13-10(14)8-9-6-5-7-12-9/h9,12H,4-8H2,1-3H3,(H,13,14). The average molecular weight is 198 g/mol. The monoisotopic (exact) mass is 198 g/mol. The molecule has 0 aromatic heterocycles. The van der Waals surface area contributed by atoms with Gasteiger partial charge in [-0.15, -0.1) is 0 Å². The molecule has 1 rings (SSSR count). The summed E-state index contributed by atoms with van der Waals surface area (Å²) in [7, 11) is 0. The highest BCUT2D eigenvalue weighted by atomic mass is 16.1. The molecule has 1 saturated heterocycles. The molecule has 3 heteroatoms. The summed E-state index contributed by atoms with van der Waals surface area (Å²) in [5.41, 5.74) is -0.0598. The quantitative estimate of drug-likeness (QED) is 0.717. The van der Waals surface area contributed by atoms with Crippen LogP contribution in [0.15, 0.2) is 0 Å². The van der Waals surface area contributed by atoms with Crippen molar-refractivity contribution in [1.82, 2.24) is 10.6 Å². The second kappa shape index (κ2) is 4.78. The van der Waals surface area contributed by atoms with Gasteiger partial charge in [-0.25, -0.2) is 0 Å². The number of carbonyl (C=O) groups is 1. The Bertz CT molecular complexity index is 195. The molecule has 1 amide bonds. The van der Waals surface area contributed by atoms with Gasteiger partial charge in [0, 0.05) is 18.0 Å². The summed E-state index contributed by atoms with van der Waals surface area (Å²) in [6.45, 7) is 7.28. The molecule has 0 spiro atoms. The number of amides is 1. The third kappa shape index (κ3) is 3.66. The topological polar surface area (TPSA) is 41.1 Å². The van der Waals surface area contributed by atoms with Crippen molar-refractivity contribution in [3.8, 4) is 0 Å². The maximum atomic E-state index is 11.6. The lowest BCUT2D eigenvalue weighted by Gasteiger charge is -2.25. The molecule has 0 aromatic carbocycles. The molecule has 1 aliphatic heterocycles. The molecule has 14 heavy (non-hydrogen) atoms. The van der Waals surface area contributed by atoms with Crippen LogP contribution in [0.25, 0.3) is 0 Å². The summed E-state index contributed by atoms with van der Waals surface area (Å²) >= 11 is 0. The van der Waals surface area contributed by atoms with Crippen molar-refractivity contribution in [3.63, 3.8) is 0 Å². The Labute approximate surface area is 86.6 Å². The molecule has 0 saturated carbocycles. The number of rotatable bonds is 4. The van der Waals surface area contributed by atoms with Gasteiger partial charge in [-0.3, -0.25) is 4.79 Å². The van der Waals surface area contributed by atoms with Gasteiger partial charge in [-0.2, -0.15) is 0 Å². The third-order valence-electron chi connectivity index (χ3n) is 2.96. The highest BCUT2D eigenvalue weighted by Gasteiger charge is 2.22. The van der Waals surface area contributed by atoms with Crippen molar-refractivity contribution in [3.05, 3.63) is 0 Å². The maximum Gasteiger partial charge on any atom is 0.221 e. The Morgan fingerprint density at radius 2 is 2.29 bits per heavy atom. The Kier molecular flexibility index (Phi) is 3.93. The molecule has 3 nitrogen and oxygen atoms in total. The van der Waals surface area contributed by atoms with E-state index in [1.807, 2.05) is 0 Å². The molecule has 0 bridgehead atoms. The SMILES string of the molecule is CCC(C)(C)NC(=O)CC1CCCN1. The first-order chi connectivity index (χ1) is 6.53. The molecule has 1 aliphatic rings. The van der Waals surface area contributed by atoms with Crippen molar-refractivity contribution in [1.29, 1.82) is 0 Å². The Balaban J connectivity index is 2.27. The summed E-state index contributed by atoms with van der Waals surface area (Å²) in [5.74, 6) is 0.177. The van der Waals surface area contributed by atoms with Crippen LogP contribution < -0.4 is 10.6 Å². The Hall–Kier alpha value is -0.570. The van der Waals surface area contributed by atoms with Crippen LogP contribution in [0.1, 0.15) is 46.5 Å². The first-order valence-electron chi connectivity index (χ1n) is 5.58. The van der Waals surface area contributed by atoms with Gasteiger partial charge in [0.2, 0.25) is 5.91 Å². The fourth-order valence-corrected chi connectivity index (χ4v) is 1.67. The first-order valence-corrected chi connectivity index (χ1v) is 5.58. The van der Waals surface area contributed by atoms with E-state index in [4.69, 9.17) is 0 Å². The van der Waals surface area contributed by atoms with E-state index in [0.717, 1.165) is 19.4 Å². The molecule has 1 atom stereocenters. The zero-order chi connectivity index (χ0) is 10.6. The van der Waals surface area contributed by atoms with Crippen LogP contribution in [0.2, 0.25) is 0 Å². The van der Waals surface area contributed by atoms with Crippen LogP contribution in [0, 0.1) is 0 Å². The predicted octanol–water partition coefficient (Wildman–Crippen LogP) is 1.43. The van der Waals surface area contributed by atoms with Crippen molar-refractivity contribution in [2.75, 3.05) is 6.54 Å². The Morgan fingerprint density at radius 1 is 1.57 bits per heavy atom. The molecular formula is C11H22N2O. The fourth-order valence-electron chi connectivity index (χ4n) is 1.67. The molecular weight excluding hydrogens is 176 g/mol. The van der Waals surface area contributed by atoms with Gasteiger partial charge in [0.05, 0.1) is 0 Å². The van der Waals surface area contributed by atoms with Crippen LogP contribution >= 0.6 is 0 Å². The zero-order valence-electron chi connectivity index (χ0n) is 9.52. The third-order valence-corrected chi connectivity index (χ3v) is 2.96. The number of hydrogen-bond acceptors (Lipinski definition) is 2.